The van der Waals surface area contributed by atoms with Crippen LogP contribution in [0.3, 0.4) is 0 Å². The van der Waals surface area contributed by atoms with Crippen molar-refractivity contribution in [3.63, 3.8) is 0 Å². The summed E-state index contributed by atoms with van der Waals surface area (Å²) >= 11 is 0. The Bertz CT molecular complexity index is 919. The summed E-state index contributed by atoms with van der Waals surface area (Å²) in [6, 6.07) is 14.0. The van der Waals surface area contributed by atoms with E-state index in [1.807, 2.05) is 24.3 Å². The van der Waals surface area contributed by atoms with Gasteiger partial charge in [0.2, 0.25) is 10.0 Å². The molecule has 1 fully saturated rings. The van der Waals surface area contributed by atoms with Crippen molar-refractivity contribution >= 4 is 21.6 Å². The highest BCUT2D eigenvalue weighted by molar-refractivity contribution is 7.89. The highest BCUT2D eigenvalue weighted by atomic mass is 32.2. The van der Waals surface area contributed by atoms with Gasteiger partial charge >= 0.3 is 0 Å². The van der Waals surface area contributed by atoms with Crippen LogP contribution in [0.1, 0.15) is 54.9 Å². The van der Waals surface area contributed by atoms with Crippen LogP contribution in [0.2, 0.25) is 0 Å². The summed E-state index contributed by atoms with van der Waals surface area (Å²) < 4.78 is 27.0. The van der Waals surface area contributed by atoms with Crippen molar-refractivity contribution in [2.45, 2.75) is 43.9 Å². The molecule has 1 aliphatic heterocycles. The largest absolute Gasteiger partial charge is 0.322 e. The zero-order valence-electron chi connectivity index (χ0n) is 15.8. The van der Waals surface area contributed by atoms with E-state index in [0.29, 0.717) is 24.6 Å². The highest BCUT2D eigenvalue weighted by Crippen LogP contribution is 2.27. The van der Waals surface area contributed by atoms with Crippen LogP contribution in [-0.4, -0.2) is 31.7 Å². The standard InChI is InChI=1S/C21H26N2O3S/c1-3-16(2)19-11-4-5-12-20(19)22-21(24)17-9-8-10-18(15-17)27(25,26)23-13-6-7-14-23/h4-5,8-12,15-16H,3,6-7,13-14H2,1-2H3,(H,22,24)/t16-/m0/s1. The van der Waals surface area contributed by atoms with Gasteiger partial charge in [-0.15, -0.1) is 0 Å². The minimum Gasteiger partial charge on any atom is -0.322 e. The maximum atomic E-state index is 12.8. The van der Waals surface area contributed by atoms with Crippen molar-refractivity contribution in [1.82, 2.24) is 4.31 Å². The topological polar surface area (TPSA) is 66.5 Å². The van der Waals surface area contributed by atoms with E-state index in [-0.39, 0.29) is 10.8 Å². The molecule has 0 bridgehead atoms. The maximum absolute atomic E-state index is 12.8. The molecule has 144 valence electrons. The van der Waals surface area contributed by atoms with Gasteiger partial charge < -0.3 is 5.32 Å². The van der Waals surface area contributed by atoms with Gasteiger partial charge in [0, 0.05) is 24.3 Å². The second-order valence-corrected chi connectivity index (χ2v) is 8.93. The van der Waals surface area contributed by atoms with Gasteiger partial charge in [-0.05, 0) is 55.0 Å². The summed E-state index contributed by atoms with van der Waals surface area (Å²) in [4.78, 5) is 12.9. The summed E-state index contributed by atoms with van der Waals surface area (Å²) in [6.45, 7) is 5.31. The van der Waals surface area contributed by atoms with E-state index in [1.165, 1.54) is 10.4 Å². The van der Waals surface area contributed by atoms with Crippen molar-refractivity contribution in [2.24, 2.45) is 0 Å². The summed E-state index contributed by atoms with van der Waals surface area (Å²) in [7, 11) is -3.54. The van der Waals surface area contributed by atoms with Gasteiger partial charge in [-0.1, -0.05) is 38.1 Å². The molecule has 1 saturated heterocycles. The number of amides is 1. The SMILES string of the molecule is CC[C@H](C)c1ccccc1NC(=O)c1cccc(S(=O)(=O)N2CCCC2)c1. The second kappa shape index (κ2) is 8.23. The molecule has 1 amide bonds. The first-order valence-electron chi connectivity index (χ1n) is 9.44. The van der Waals surface area contributed by atoms with Crippen LogP contribution in [-0.2, 0) is 10.0 Å². The molecule has 0 unspecified atom stereocenters. The van der Waals surface area contributed by atoms with E-state index in [4.69, 9.17) is 0 Å². The Labute approximate surface area is 161 Å². The van der Waals surface area contributed by atoms with Gasteiger partial charge in [-0.2, -0.15) is 4.31 Å². The number of benzene rings is 2. The number of nitrogens with one attached hydrogen (secondary N) is 1. The minimum atomic E-state index is -3.54. The smallest absolute Gasteiger partial charge is 0.255 e. The number of carbonyl (C=O) groups is 1. The predicted octanol–water partition coefficient (Wildman–Crippen LogP) is 4.24. The number of carbonyl (C=O) groups excluding carboxylic acids is 1. The molecule has 2 aromatic rings. The zero-order chi connectivity index (χ0) is 19.4. The Morgan fingerprint density at radius 2 is 1.81 bits per heavy atom. The first-order chi connectivity index (χ1) is 12.9. The Balaban J connectivity index is 1.85. The molecule has 1 heterocycles. The van der Waals surface area contributed by atoms with Gasteiger partial charge in [0.1, 0.15) is 0 Å². The van der Waals surface area contributed by atoms with Gasteiger partial charge in [-0.3, -0.25) is 4.79 Å². The summed E-state index contributed by atoms with van der Waals surface area (Å²) in [5.74, 6) is 0.0209. The van der Waals surface area contributed by atoms with E-state index in [9.17, 15) is 13.2 Å². The Hall–Kier alpha value is -2.18. The van der Waals surface area contributed by atoms with Gasteiger partial charge in [0.25, 0.3) is 5.91 Å². The normalized spacial score (nSPS) is 16.2. The molecule has 0 radical (unpaired) electrons. The molecule has 1 N–H and O–H groups in total. The third-order valence-electron chi connectivity index (χ3n) is 5.15. The van der Waals surface area contributed by atoms with Crippen LogP contribution in [0.15, 0.2) is 53.4 Å². The summed E-state index contributed by atoms with van der Waals surface area (Å²) in [5.41, 5.74) is 2.19. The van der Waals surface area contributed by atoms with Crippen molar-refractivity contribution in [1.29, 1.82) is 0 Å². The highest BCUT2D eigenvalue weighted by Gasteiger charge is 2.27. The summed E-state index contributed by atoms with van der Waals surface area (Å²) in [6.07, 6.45) is 2.73. The minimum absolute atomic E-state index is 0.173. The molecule has 1 atom stereocenters. The first kappa shape index (κ1) is 19.6. The van der Waals surface area contributed by atoms with Crippen LogP contribution < -0.4 is 5.32 Å². The fraction of sp³-hybridized carbons (Fsp3) is 0.381. The van der Waals surface area contributed by atoms with Crippen molar-refractivity contribution in [3.05, 3.63) is 59.7 Å². The predicted molar refractivity (Wildman–Crippen MR) is 108 cm³/mol. The molecule has 0 aliphatic carbocycles. The van der Waals surface area contributed by atoms with Crippen molar-refractivity contribution in [2.75, 3.05) is 18.4 Å². The zero-order valence-corrected chi connectivity index (χ0v) is 16.6. The molecule has 27 heavy (non-hydrogen) atoms. The van der Waals surface area contributed by atoms with Crippen LogP contribution >= 0.6 is 0 Å². The lowest BCUT2D eigenvalue weighted by atomic mass is 9.97. The Morgan fingerprint density at radius 1 is 1.11 bits per heavy atom. The van der Waals surface area contributed by atoms with Gasteiger partial charge in [0.15, 0.2) is 0 Å². The monoisotopic (exact) mass is 386 g/mol. The molecule has 0 spiro atoms. The molecule has 6 heteroatoms. The van der Waals surface area contributed by atoms with E-state index in [1.54, 1.807) is 18.2 Å². The van der Waals surface area contributed by atoms with Crippen LogP contribution in [0.25, 0.3) is 0 Å². The van der Waals surface area contributed by atoms with Crippen LogP contribution in [0.4, 0.5) is 5.69 Å². The fourth-order valence-electron chi connectivity index (χ4n) is 3.33. The van der Waals surface area contributed by atoms with E-state index in [0.717, 1.165) is 30.5 Å². The Morgan fingerprint density at radius 3 is 2.52 bits per heavy atom. The first-order valence-corrected chi connectivity index (χ1v) is 10.9. The molecule has 1 aliphatic rings. The number of sulfonamides is 1. The fourth-order valence-corrected chi connectivity index (χ4v) is 4.89. The number of para-hydroxylation sites is 1. The number of hydrogen-bond donors (Lipinski definition) is 1. The van der Waals surface area contributed by atoms with E-state index in [2.05, 4.69) is 19.2 Å². The third kappa shape index (κ3) is 4.22. The van der Waals surface area contributed by atoms with E-state index < -0.39 is 10.0 Å². The molecule has 2 aromatic carbocycles. The average Bonchev–Trinajstić information content (AvgIpc) is 3.23. The third-order valence-corrected chi connectivity index (χ3v) is 7.05. The number of anilines is 1. The number of rotatable bonds is 6. The van der Waals surface area contributed by atoms with E-state index >= 15 is 0 Å². The molecule has 0 saturated carbocycles. The lowest BCUT2D eigenvalue weighted by molar-refractivity contribution is 0.102. The lowest BCUT2D eigenvalue weighted by Gasteiger charge is -2.17. The van der Waals surface area contributed by atoms with Crippen LogP contribution in [0, 0.1) is 0 Å². The molecule has 0 aromatic heterocycles. The molecular formula is C21H26N2O3S. The van der Waals surface area contributed by atoms with Crippen molar-refractivity contribution < 1.29 is 13.2 Å². The number of nitrogens with zero attached hydrogens (tertiary/aromatic N) is 1. The van der Waals surface area contributed by atoms with Gasteiger partial charge in [-0.25, -0.2) is 8.42 Å². The maximum Gasteiger partial charge on any atom is 0.255 e. The number of hydrogen-bond acceptors (Lipinski definition) is 3. The molecule has 5 nitrogen and oxygen atoms in total. The second-order valence-electron chi connectivity index (χ2n) is 6.99. The lowest BCUT2D eigenvalue weighted by Crippen LogP contribution is -2.28. The molecular weight excluding hydrogens is 360 g/mol. The summed E-state index contributed by atoms with van der Waals surface area (Å²) in [5, 5.41) is 2.94. The molecule has 3 rings (SSSR count). The Kier molecular flexibility index (Phi) is 5.97. The van der Waals surface area contributed by atoms with Crippen molar-refractivity contribution in [3.8, 4) is 0 Å². The quantitative estimate of drug-likeness (QED) is 0.808. The average molecular weight is 387 g/mol. The van der Waals surface area contributed by atoms with Crippen LogP contribution in [0.5, 0.6) is 0 Å². The van der Waals surface area contributed by atoms with Gasteiger partial charge in [0.05, 0.1) is 4.90 Å².